The third kappa shape index (κ3) is 2.69. The summed E-state index contributed by atoms with van der Waals surface area (Å²) < 4.78 is 10.2. The Balaban J connectivity index is 2.54. The normalized spacial score (nSPS) is 35.0. The molecule has 1 aliphatic heterocycles. The molecule has 0 aliphatic carbocycles. The van der Waals surface area contributed by atoms with E-state index in [-0.39, 0.29) is 24.1 Å². The zero-order chi connectivity index (χ0) is 10.7. The van der Waals surface area contributed by atoms with E-state index in [9.17, 15) is 4.79 Å². The number of esters is 1. The first-order valence-corrected chi connectivity index (χ1v) is 5.03. The van der Waals surface area contributed by atoms with Gasteiger partial charge < -0.3 is 15.2 Å². The van der Waals surface area contributed by atoms with Crippen LogP contribution < -0.4 is 5.73 Å². The summed E-state index contributed by atoms with van der Waals surface area (Å²) in [5.41, 5.74) is 5.80. The smallest absolute Gasteiger partial charge is 0.322 e. The average molecular weight is 201 g/mol. The largest absolute Gasteiger partial charge is 0.468 e. The Labute approximate surface area is 84.7 Å². The van der Waals surface area contributed by atoms with Crippen LogP contribution >= 0.6 is 0 Å². The molecule has 3 unspecified atom stereocenters. The van der Waals surface area contributed by atoms with E-state index in [1.807, 2.05) is 13.8 Å². The lowest BCUT2D eigenvalue weighted by molar-refractivity contribution is -0.145. The van der Waals surface area contributed by atoms with Gasteiger partial charge in [-0.25, -0.2) is 0 Å². The van der Waals surface area contributed by atoms with Crippen LogP contribution in [-0.2, 0) is 14.3 Å². The Kier molecular flexibility index (Phi) is 3.89. The Morgan fingerprint density at radius 1 is 1.43 bits per heavy atom. The molecule has 1 rings (SSSR count). The van der Waals surface area contributed by atoms with Gasteiger partial charge in [0.2, 0.25) is 0 Å². The maximum Gasteiger partial charge on any atom is 0.322 e. The minimum atomic E-state index is -0.506. The van der Waals surface area contributed by atoms with E-state index in [1.54, 1.807) is 0 Å². The highest BCUT2D eigenvalue weighted by atomic mass is 16.5. The Bertz CT molecular complexity index is 198. The van der Waals surface area contributed by atoms with Gasteiger partial charge >= 0.3 is 5.97 Å². The lowest BCUT2D eigenvalue weighted by Crippen LogP contribution is -2.44. The number of carbonyl (C=O) groups is 1. The first-order valence-electron chi connectivity index (χ1n) is 5.03. The summed E-state index contributed by atoms with van der Waals surface area (Å²) in [6.07, 6.45) is 2.03. The van der Waals surface area contributed by atoms with Crippen molar-refractivity contribution in [2.45, 2.75) is 44.9 Å². The molecule has 4 heteroatoms. The lowest BCUT2D eigenvalue weighted by Gasteiger charge is -2.34. The molecular formula is C10H19NO3. The molecule has 3 atom stereocenters. The van der Waals surface area contributed by atoms with Crippen LogP contribution in [0.5, 0.6) is 0 Å². The monoisotopic (exact) mass is 201 g/mol. The molecular weight excluding hydrogens is 182 g/mol. The fourth-order valence-electron chi connectivity index (χ4n) is 2.08. The average Bonchev–Trinajstić information content (AvgIpc) is 2.14. The van der Waals surface area contributed by atoms with Gasteiger partial charge in [0.15, 0.2) is 0 Å². The topological polar surface area (TPSA) is 61.5 Å². The van der Waals surface area contributed by atoms with Crippen LogP contribution in [0.4, 0.5) is 0 Å². The Hall–Kier alpha value is -0.610. The molecule has 0 saturated carbocycles. The molecule has 0 radical (unpaired) electrons. The van der Waals surface area contributed by atoms with Crippen molar-refractivity contribution >= 4 is 5.97 Å². The minimum absolute atomic E-state index is 0.180. The zero-order valence-corrected chi connectivity index (χ0v) is 9.03. The Morgan fingerprint density at radius 2 is 1.93 bits per heavy atom. The van der Waals surface area contributed by atoms with Gasteiger partial charge in [0.1, 0.15) is 6.04 Å². The molecule has 1 aliphatic rings. The van der Waals surface area contributed by atoms with Gasteiger partial charge in [0.25, 0.3) is 0 Å². The van der Waals surface area contributed by atoms with Gasteiger partial charge in [-0.3, -0.25) is 4.79 Å². The van der Waals surface area contributed by atoms with Crippen molar-refractivity contribution in [2.75, 3.05) is 7.11 Å². The SMILES string of the molecule is COC(=O)C(N)C1CC(C)OC(C)C1. The summed E-state index contributed by atoms with van der Waals surface area (Å²) in [4.78, 5) is 11.2. The van der Waals surface area contributed by atoms with Crippen molar-refractivity contribution in [2.24, 2.45) is 11.7 Å². The molecule has 0 spiro atoms. The third-order valence-corrected chi connectivity index (χ3v) is 2.72. The van der Waals surface area contributed by atoms with Crippen molar-refractivity contribution in [1.82, 2.24) is 0 Å². The number of nitrogens with two attached hydrogens (primary N) is 1. The van der Waals surface area contributed by atoms with E-state index in [2.05, 4.69) is 4.74 Å². The van der Waals surface area contributed by atoms with Crippen molar-refractivity contribution in [3.63, 3.8) is 0 Å². The van der Waals surface area contributed by atoms with Crippen molar-refractivity contribution in [1.29, 1.82) is 0 Å². The van der Waals surface area contributed by atoms with Crippen LogP contribution in [0.1, 0.15) is 26.7 Å². The lowest BCUT2D eigenvalue weighted by atomic mass is 9.87. The second-order valence-electron chi connectivity index (χ2n) is 4.04. The highest BCUT2D eigenvalue weighted by Crippen LogP contribution is 2.26. The zero-order valence-electron chi connectivity index (χ0n) is 9.03. The maximum absolute atomic E-state index is 11.2. The molecule has 0 bridgehead atoms. The summed E-state index contributed by atoms with van der Waals surface area (Å²) in [6, 6.07) is -0.506. The van der Waals surface area contributed by atoms with E-state index >= 15 is 0 Å². The molecule has 4 nitrogen and oxygen atoms in total. The van der Waals surface area contributed by atoms with Crippen LogP contribution in [0, 0.1) is 5.92 Å². The summed E-state index contributed by atoms with van der Waals surface area (Å²) in [7, 11) is 1.37. The summed E-state index contributed by atoms with van der Waals surface area (Å²) in [5, 5.41) is 0. The van der Waals surface area contributed by atoms with Gasteiger partial charge in [0.05, 0.1) is 19.3 Å². The number of hydrogen-bond acceptors (Lipinski definition) is 4. The molecule has 0 aromatic carbocycles. The number of carbonyl (C=O) groups excluding carboxylic acids is 1. The standard InChI is InChI=1S/C10H19NO3/c1-6-4-8(5-7(2)14-6)9(11)10(12)13-3/h6-9H,4-5,11H2,1-3H3. The van der Waals surface area contributed by atoms with E-state index in [4.69, 9.17) is 10.5 Å². The van der Waals surface area contributed by atoms with E-state index in [1.165, 1.54) is 7.11 Å². The van der Waals surface area contributed by atoms with Crippen LogP contribution in [0.15, 0.2) is 0 Å². The number of ether oxygens (including phenoxy) is 2. The van der Waals surface area contributed by atoms with E-state index in [0.717, 1.165) is 12.8 Å². The van der Waals surface area contributed by atoms with E-state index in [0.29, 0.717) is 0 Å². The molecule has 0 aromatic heterocycles. The van der Waals surface area contributed by atoms with E-state index < -0.39 is 6.04 Å². The van der Waals surface area contributed by atoms with Crippen molar-refractivity contribution < 1.29 is 14.3 Å². The highest BCUT2D eigenvalue weighted by molar-refractivity contribution is 5.75. The first kappa shape index (κ1) is 11.5. The fourth-order valence-corrected chi connectivity index (χ4v) is 2.08. The number of rotatable bonds is 2. The quantitative estimate of drug-likeness (QED) is 0.668. The van der Waals surface area contributed by atoms with Gasteiger partial charge in [-0.2, -0.15) is 0 Å². The summed E-state index contributed by atoms with van der Waals surface area (Å²) in [5.74, 6) is -0.141. The molecule has 0 aromatic rings. The van der Waals surface area contributed by atoms with Crippen LogP contribution in [0.2, 0.25) is 0 Å². The molecule has 14 heavy (non-hydrogen) atoms. The molecule has 1 heterocycles. The van der Waals surface area contributed by atoms with Gasteiger partial charge in [-0.15, -0.1) is 0 Å². The van der Waals surface area contributed by atoms with Gasteiger partial charge in [-0.1, -0.05) is 0 Å². The number of hydrogen-bond donors (Lipinski definition) is 1. The molecule has 2 N–H and O–H groups in total. The minimum Gasteiger partial charge on any atom is -0.468 e. The second-order valence-corrected chi connectivity index (χ2v) is 4.04. The van der Waals surface area contributed by atoms with Gasteiger partial charge in [-0.05, 0) is 32.6 Å². The van der Waals surface area contributed by atoms with Crippen LogP contribution in [-0.4, -0.2) is 31.3 Å². The number of methoxy groups -OCH3 is 1. The first-order chi connectivity index (χ1) is 6.54. The molecule has 1 fully saturated rings. The molecule has 82 valence electrons. The summed E-state index contributed by atoms with van der Waals surface area (Å²) >= 11 is 0. The molecule has 0 amide bonds. The Morgan fingerprint density at radius 3 is 2.36 bits per heavy atom. The second kappa shape index (κ2) is 4.75. The predicted molar refractivity (Wildman–Crippen MR) is 52.7 cm³/mol. The van der Waals surface area contributed by atoms with Crippen LogP contribution in [0.3, 0.4) is 0 Å². The highest BCUT2D eigenvalue weighted by Gasteiger charge is 2.32. The fraction of sp³-hybridized carbons (Fsp3) is 0.900. The van der Waals surface area contributed by atoms with Crippen LogP contribution in [0.25, 0.3) is 0 Å². The predicted octanol–water partition coefficient (Wildman–Crippen LogP) is 0.690. The summed E-state index contributed by atoms with van der Waals surface area (Å²) in [6.45, 7) is 4.01. The van der Waals surface area contributed by atoms with Crippen molar-refractivity contribution in [3.05, 3.63) is 0 Å². The maximum atomic E-state index is 11.2. The van der Waals surface area contributed by atoms with Crippen molar-refractivity contribution in [3.8, 4) is 0 Å². The van der Waals surface area contributed by atoms with Gasteiger partial charge in [0, 0.05) is 0 Å². The molecule has 1 saturated heterocycles. The third-order valence-electron chi connectivity index (χ3n) is 2.72.